The molecule has 5 aliphatic carbocycles. The third-order valence-corrected chi connectivity index (χ3v) is 14.8. The van der Waals surface area contributed by atoms with Crippen LogP contribution in [0.1, 0.15) is 206 Å². The monoisotopic (exact) mass is 613 g/mol. The third kappa shape index (κ3) is 8.17. The van der Waals surface area contributed by atoms with E-state index >= 15 is 4.39 Å². The van der Waals surface area contributed by atoms with Gasteiger partial charge in [0.25, 0.3) is 0 Å². The van der Waals surface area contributed by atoms with Crippen molar-refractivity contribution in [1.82, 2.24) is 0 Å². The number of unbranched alkanes of at least 4 members (excludes halogenated alkanes) is 10. The topological polar surface area (TPSA) is 17.1 Å². The highest BCUT2D eigenvalue weighted by molar-refractivity contribution is 5.98. The Labute approximate surface area is 273 Å². The first-order valence-electron chi connectivity index (χ1n) is 20.7. The van der Waals surface area contributed by atoms with Gasteiger partial charge < -0.3 is 0 Å². The van der Waals surface area contributed by atoms with Gasteiger partial charge in [-0.15, -0.1) is 0 Å². The van der Waals surface area contributed by atoms with E-state index in [-0.39, 0.29) is 0 Å². The van der Waals surface area contributed by atoms with Gasteiger partial charge >= 0.3 is 0 Å². The van der Waals surface area contributed by atoms with Gasteiger partial charge in [-0.3, -0.25) is 4.79 Å². The van der Waals surface area contributed by atoms with Crippen LogP contribution in [0, 0.1) is 46.3 Å². The fourth-order valence-electron chi connectivity index (χ4n) is 11.7. The van der Waals surface area contributed by atoms with E-state index in [4.69, 9.17) is 0 Å². The Morgan fingerprint density at radius 3 is 1.14 bits per heavy atom. The second kappa shape index (κ2) is 17.1. The second-order valence-corrected chi connectivity index (χ2v) is 17.4. The molecule has 5 aliphatic rings. The van der Waals surface area contributed by atoms with Gasteiger partial charge in [-0.1, -0.05) is 129 Å². The molecule has 254 valence electrons. The van der Waals surface area contributed by atoms with Crippen molar-refractivity contribution in [3.05, 3.63) is 0 Å². The van der Waals surface area contributed by atoms with E-state index in [0.717, 1.165) is 86.9 Å². The van der Waals surface area contributed by atoms with E-state index in [1.807, 2.05) is 0 Å². The highest BCUT2D eigenvalue weighted by atomic mass is 19.1. The fraction of sp³-hybridized carbons (Fsp3) is 0.976. The SMILES string of the molecule is CCCCCCCCC1CCC(C2CCC3(CC2)C(=O)C2(CCC(C4CCC(CCCCCCCC)CC4)CC2)C3F)CC1. The Hall–Kier alpha value is -0.400. The van der Waals surface area contributed by atoms with Crippen LogP contribution in [0.15, 0.2) is 0 Å². The molecule has 2 spiro atoms. The van der Waals surface area contributed by atoms with Crippen LogP contribution in [-0.2, 0) is 4.79 Å². The smallest absolute Gasteiger partial charge is 0.151 e. The van der Waals surface area contributed by atoms with Crippen LogP contribution in [0.3, 0.4) is 0 Å². The summed E-state index contributed by atoms with van der Waals surface area (Å²) in [7, 11) is 0. The minimum Gasteiger partial charge on any atom is -0.298 e. The molecule has 0 amide bonds. The minimum atomic E-state index is -0.842. The van der Waals surface area contributed by atoms with E-state index < -0.39 is 17.0 Å². The minimum absolute atomic E-state index is 0.389. The lowest BCUT2D eigenvalue weighted by Gasteiger charge is -2.62. The van der Waals surface area contributed by atoms with Crippen LogP contribution in [-0.4, -0.2) is 12.0 Å². The molecular weight excluding hydrogens is 539 g/mol. The summed E-state index contributed by atoms with van der Waals surface area (Å²) in [5, 5.41) is 0. The molecule has 0 aromatic rings. The fourth-order valence-corrected chi connectivity index (χ4v) is 11.7. The Morgan fingerprint density at radius 2 is 0.795 bits per heavy atom. The second-order valence-electron chi connectivity index (χ2n) is 17.4. The van der Waals surface area contributed by atoms with Gasteiger partial charge in [0.2, 0.25) is 0 Å². The molecule has 0 aromatic heterocycles. The highest BCUT2D eigenvalue weighted by Gasteiger charge is 2.71. The summed E-state index contributed by atoms with van der Waals surface area (Å²) in [6, 6.07) is 0. The lowest BCUT2D eigenvalue weighted by Crippen LogP contribution is -2.69. The maximum Gasteiger partial charge on any atom is 0.151 e. The summed E-state index contributed by atoms with van der Waals surface area (Å²) < 4.78 is 16.3. The summed E-state index contributed by atoms with van der Waals surface area (Å²) in [4.78, 5) is 13.9. The summed E-state index contributed by atoms with van der Waals surface area (Å²) in [5.74, 6) is 5.55. The Morgan fingerprint density at radius 1 is 0.477 bits per heavy atom. The molecule has 0 unspecified atom stereocenters. The van der Waals surface area contributed by atoms with Crippen LogP contribution in [0.4, 0.5) is 4.39 Å². The van der Waals surface area contributed by atoms with Crippen LogP contribution in [0.5, 0.6) is 0 Å². The van der Waals surface area contributed by atoms with Crippen molar-refractivity contribution in [2.75, 3.05) is 0 Å². The molecule has 0 heterocycles. The van der Waals surface area contributed by atoms with Gasteiger partial charge in [-0.05, 0) is 113 Å². The molecule has 0 aromatic carbocycles. The van der Waals surface area contributed by atoms with Gasteiger partial charge in [0, 0.05) is 0 Å². The Kier molecular flexibility index (Phi) is 13.6. The Bertz CT molecular complexity index is 751. The van der Waals surface area contributed by atoms with E-state index in [0.29, 0.717) is 5.78 Å². The van der Waals surface area contributed by atoms with Crippen LogP contribution < -0.4 is 0 Å². The zero-order valence-corrected chi connectivity index (χ0v) is 29.5. The summed E-state index contributed by atoms with van der Waals surface area (Å²) in [5.41, 5.74) is -1.15. The van der Waals surface area contributed by atoms with Crippen LogP contribution in [0.25, 0.3) is 0 Å². The molecule has 5 rings (SSSR count). The average molecular weight is 613 g/mol. The quantitative estimate of drug-likeness (QED) is 0.158. The van der Waals surface area contributed by atoms with Gasteiger partial charge in [0.15, 0.2) is 5.78 Å². The van der Waals surface area contributed by atoms with Crippen molar-refractivity contribution in [2.45, 2.75) is 213 Å². The van der Waals surface area contributed by atoms with Crippen LogP contribution in [0.2, 0.25) is 0 Å². The lowest BCUT2D eigenvalue weighted by molar-refractivity contribution is -0.194. The van der Waals surface area contributed by atoms with E-state index in [9.17, 15) is 4.79 Å². The molecule has 1 nitrogen and oxygen atoms in total. The van der Waals surface area contributed by atoms with Crippen molar-refractivity contribution < 1.29 is 9.18 Å². The maximum atomic E-state index is 16.3. The summed E-state index contributed by atoms with van der Waals surface area (Å²) >= 11 is 0. The van der Waals surface area contributed by atoms with Gasteiger partial charge in [0.1, 0.15) is 6.17 Å². The van der Waals surface area contributed by atoms with Gasteiger partial charge in [-0.2, -0.15) is 0 Å². The van der Waals surface area contributed by atoms with E-state index in [1.54, 1.807) is 0 Å². The number of carbonyl (C=O) groups excluding carboxylic acids is 1. The third-order valence-electron chi connectivity index (χ3n) is 14.8. The molecule has 0 bridgehead atoms. The number of alkyl halides is 1. The zero-order chi connectivity index (χ0) is 30.8. The number of halogens is 1. The number of rotatable bonds is 16. The van der Waals surface area contributed by atoms with E-state index in [1.165, 1.54) is 141 Å². The van der Waals surface area contributed by atoms with Crippen molar-refractivity contribution in [3.8, 4) is 0 Å². The van der Waals surface area contributed by atoms with Gasteiger partial charge in [-0.25, -0.2) is 4.39 Å². The lowest BCUT2D eigenvalue weighted by atomic mass is 9.41. The molecule has 2 heteroatoms. The highest BCUT2D eigenvalue weighted by Crippen LogP contribution is 2.66. The van der Waals surface area contributed by atoms with Crippen molar-refractivity contribution >= 4 is 5.78 Å². The molecule has 0 aliphatic heterocycles. The number of hydrogen-bond donors (Lipinski definition) is 0. The number of carbonyl (C=O) groups is 1. The van der Waals surface area contributed by atoms with Crippen molar-refractivity contribution in [2.24, 2.45) is 46.3 Å². The Balaban J connectivity index is 0.970. The van der Waals surface area contributed by atoms with Crippen molar-refractivity contribution in [3.63, 3.8) is 0 Å². The number of ketones is 1. The first-order chi connectivity index (χ1) is 21.5. The predicted octanol–water partition coefficient (Wildman–Crippen LogP) is 13.4. The number of hydrogen-bond acceptors (Lipinski definition) is 1. The largest absolute Gasteiger partial charge is 0.298 e. The van der Waals surface area contributed by atoms with Gasteiger partial charge in [0.05, 0.1) is 10.8 Å². The van der Waals surface area contributed by atoms with Crippen LogP contribution >= 0.6 is 0 Å². The van der Waals surface area contributed by atoms with E-state index in [2.05, 4.69) is 13.8 Å². The molecule has 0 atom stereocenters. The molecule has 44 heavy (non-hydrogen) atoms. The molecule has 5 fully saturated rings. The predicted molar refractivity (Wildman–Crippen MR) is 186 cm³/mol. The molecule has 0 radical (unpaired) electrons. The summed E-state index contributed by atoms with van der Waals surface area (Å²) in [6.07, 6.45) is 38.3. The average Bonchev–Trinajstić information content (AvgIpc) is 3.08. The first-order valence-corrected chi connectivity index (χ1v) is 20.7. The van der Waals surface area contributed by atoms with Crippen molar-refractivity contribution in [1.29, 1.82) is 0 Å². The molecular formula is C42H73FO. The number of Topliss-reactive ketones (excluding diaryl/α,β-unsaturated/α-hetero) is 1. The summed E-state index contributed by atoms with van der Waals surface area (Å²) in [6.45, 7) is 4.60. The maximum absolute atomic E-state index is 16.3. The molecule has 0 N–H and O–H groups in total. The zero-order valence-electron chi connectivity index (χ0n) is 29.5. The standard InChI is InChI=1S/C42H73FO/c1-3-5-7-9-11-13-15-33-17-21-35(22-18-33)37-25-29-41(30-26-37)39(43)42(40(41)44)31-27-38(28-32-42)36-23-19-34(20-24-36)16-14-12-10-8-6-4-2/h33-39H,3-32H2,1-2H3. The normalized spacial score (nSPS) is 39.5. The molecule has 0 saturated heterocycles. The first kappa shape index (κ1) is 34.9. The molecule has 5 saturated carbocycles.